The molecule has 0 aliphatic carbocycles. The van der Waals surface area contributed by atoms with Crippen molar-refractivity contribution in [3.63, 3.8) is 0 Å². The maximum absolute atomic E-state index is 6.09. The third kappa shape index (κ3) is 2.66. The molecule has 0 atom stereocenters. The maximum atomic E-state index is 6.09. The Balaban J connectivity index is 2.58. The van der Waals surface area contributed by atoms with Crippen molar-refractivity contribution in [1.82, 2.24) is 14.5 Å². The highest BCUT2D eigenvalue weighted by molar-refractivity contribution is 9.10. The number of hydrogen-bond acceptors (Lipinski definition) is 3. The summed E-state index contributed by atoms with van der Waals surface area (Å²) in [6, 6.07) is 1.99. The molecular formula is C12H17BrN4. The first-order chi connectivity index (χ1) is 7.90. The zero-order valence-corrected chi connectivity index (χ0v) is 12.0. The largest absolute Gasteiger partial charge is 0.324 e. The molecule has 0 spiro atoms. The lowest BCUT2D eigenvalue weighted by molar-refractivity contribution is 0.431. The van der Waals surface area contributed by atoms with Crippen molar-refractivity contribution in [1.29, 1.82) is 0 Å². The molecule has 2 N–H and O–H groups in total. The molecule has 0 bridgehead atoms. The van der Waals surface area contributed by atoms with Gasteiger partial charge in [0.1, 0.15) is 11.3 Å². The van der Waals surface area contributed by atoms with Crippen LogP contribution in [0.4, 0.5) is 0 Å². The number of halogens is 1. The van der Waals surface area contributed by atoms with Crippen molar-refractivity contribution in [2.24, 2.45) is 5.73 Å². The molecule has 0 fully saturated rings. The number of pyridine rings is 1. The first kappa shape index (κ1) is 12.5. The summed E-state index contributed by atoms with van der Waals surface area (Å²) in [5, 5.41) is 0. The van der Waals surface area contributed by atoms with E-state index in [0.29, 0.717) is 0 Å². The lowest BCUT2D eigenvalue weighted by atomic mass is 10.1. The average Bonchev–Trinajstić information content (AvgIpc) is 2.53. The van der Waals surface area contributed by atoms with Gasteiger partial charge in [-0.1, -0.05) is 6.92 Å². The monoisotopic (exact) mass is 296 g/mol. The van der Waals surface area contributed by atoms with Crippen LogP contribution >= 0.6 is 15.9 Å². The molecular weight excluding hydrogens is 280 g/mol. The zero-order valence-electron chi connectivity index (χ0n) is 10.4. The van der Waals surface area contributed by atoms with Gasteiger partial charge in [-0.2, -0.15) is 0 Å². The first-order valence-electron chi connectivity index (χ1n) is 5.70. The molecule has 0 aliphatic heterocycles. The minimum Gasteiger partial charge on any atom is -0.324 e. The van der Waals surface area contributed by atoms with Crippen molar-refractivity contribution < 1.29 is 0 Å². The van der Waals surface area contributed by atoms with Crippen LogP contribution in [-0.4, -0.2) is 20.1 Å². The normalized spacial score (nSPS) is 12.3. The number of hydrogen-bond donors (Lipinski definition) is 1. The number of nitrogens with zero attached hydrogens (tertiary/aromatic N) is 3. The van der Waals surface area contributed by atoms with Crippen LogP contribution in [0.15, 0.2) is 16.7 Å². The predicted molar refractivity (Wildman–Crippen MR) is 72.9 cm³/mol. The Morgan fingerprint density at radius 2 is 2.18 bits per heavy atom. The molecule has 2 aromatic heterocycles. The number of fused-ring (bicyclic) bond motifs is 1. The average molecular weight is 297 g/mol. The van der Waals surface area contributed by atoms with E-state index in [4.69, 9.17) is 5.73 Å². The standard InChI is InChI=1S/C12H17BrN4/c1-4-10-16-9-5-8(13)6-15-11(9)17(10)7-12(2,3)14/h5-6H,4,7,14H2,1-3H3. The number of imidazole rings is 1. The molecule has 2 heterocycles. The summed E-state index contributed by atoms with van der Waals surface area (Å²) in [6.45, 7) is 6.84. The van der Waals surface area contributed by atoms with E-state index < -0.39 is 0 Å². The summed E-state index contributed by atoms with van der Waals surface area (Å²) in [4.78, 5) is 9.02. The Bertz CT molecular complexity index is 539. The van der Waals surface area contributed by atoms with Crippen molar-refractivity contribution in [2.45, 2.75) is 39.3 Å². The van der Waals surface area contributed by atoms with Gasteiger partial charge >= 0.3 is 0 Å². The third-order valence-electron chi connectivity index (χ3n) is 2.51. The van der Waals surface area contributed by atoms with Crippen LogP contribution in [0.25, 0.3) is 11.2 Å². The number of aromatic nitrogens is 3. The van der Waals surface area contributed by atoms with Crippen LogP contribution in [0.5, 0.6) is 0 Å². The SMILES string of the molecule is CCc1nc2cc(Br)cnc2n1CC(C)(C)N. The van der Waals surface area contributed by atoms with Crippen LogP contribution in [0.3, 0.4) is 0 Å². The van der Waals surface area contributed by atoms with Crippen LogP contribution in [0, 0.1) is 0 Å². The fourth-order valence-corrected chi connectivity index (χ4v) is 2.20. The van der Waals surface area contributed by atoms with Gasteiger partial charge in [0.05, 0.1) is 0 Å². The predicted octanol–water partition coefficient (Wildman–Crippen LogP) is 2.49. The van der Waals surface area contributed by atoms with Gasteiger partial charge in [0.2, 0.25) is 0 Å². The van der Waals surface area contributed by atoms with Crippen LogP contribution in [-0.2, 0) is 13.0 Å². The molecule has 0 radical (unpaired) electrons. The van der Waals surface area contributed by atoms with E-state index in [-0.39, 0.29) is 5.54 Å². The molecule has 17 heavy (non-hydrogen) atoms. The molecule has 92 valence electrons. The maximum Gasteiger partial charge on any atom is 0.160 e. The number of nitrogens with two attached hydrogens (primary N) is 1. The van der Waals surface area contributed by atoms with E-state index in [1.165, 1.54) is 0 Å². The highest BCUT2D eigenvalue weighted by atomic mass is 79.9. The topological polar surface area (TPSA) is 56.7 Å². The van der Waals surface area contributed by atoms with Gasteiger partial charge < -0.3 is 10.3 Å². The highest BCUT2D eigenvalue weighted by Crippen LogP contribution is 2.20. The summed E-state index contributed by atoms with van der Waals surface area (Å²) < 4.78 is 3.06. The molecule has 0 amide bonds. The van der Waals surface area contributed by atoms with Crippen LogP contribution in [0.2, 0.25) is 0 Å². The molecule has 0 saturated carbocycles. The third-order valence-corrected chi connectivity index (χ3v) is 2.95. The highest BCUT2D eigenvalue weighted by Gasteiger charge is 2.17. The van der Waals surface area contributed by atoms with Crippen LogP contribution < -0.4 is 5.73 Å². The van der Waals surface area contributed by atoms with Crippen molar-refractivity contribution >= 4 is 27.1 Å². The quantitative estimate of drug-likeness (QED) is 0.947. The molecule has 5 heteroatoms. The minimum atomic E-state index is -0.272. The molecule has 2 aromatic rings. The second kappa shape index (κ2) is 4.38. The lowest BCUT2D eigenvalue weighted by Crippen LogP contribution is -2.37. The van der Waals surface area contributed by atoms with Crippen molar-refractivity contribution in [3.8, 4) is 0 Å². The van der Waals surface area contributed by atoms with Gasteiger partial charge in [-0.15, -0.1) is 0 Å². The Morgan fingerprint density at radius 3 is 2.76 bits per heavy atom. The molecule has 0 aliphatic rings. The van der Waals surface area contributed by atoms with E-state index in [2.05, 4.69) is 37.4 Å². The second-order valence-electron chi connectivity index (χ2n) is 4.95. The first-order valence-corrected chi connectivity index (χ1v) is 6.49. The van der Waals surface area contributed by atoms with E-state index >= 15 is 0 Å². The summed E-state index contributed by atoms with van der Waals surface area (Å²) in [5.41, 5.74) is 7.64. The number of aryl methyl sites for hydroxylation is 1. The van der Waals surface area contributed by atoms with E-state index in [1.807, 2.05) is 19.9 Å². The summed E-state index contributed by atoms with van der Waals surface area (Å²) >= 11 is 3.41. The molecule has 0 unspecified atom stereocenters. The summed E-state index contributed by atoms with van der Waals surface area (Å²) in [6.07, 6.45) is 2.67. The zero-order chi connectivity index (χ0) is 12.6. The molecule has 4 nitrogen and oxygen atoms in total. The fraction of sp³-hybridized carbons (Fsp3) is 0.500. The van der Waals surface area contributed by atoms with E-state index in [0.717, 1.165) is 34.4 Å². The Morgan fingerprint density at radius 1 is 1.47 bits per heavy atom. The molecule has 0 aromatic carbocycles. The van der Waals surface area contributed by atoms with Gasteiger partial charge in [-0.05, 0) is 35.8 Å². The summed E-state index contributed by atoms with van der Waals surface area (Å²) in [5.74, 6) is 1.03. The lowest BCUT2D eigenvalue weighted by Gasteiger charge is -2.20. The minimum absolute atomic E-state index is 0.272. The van der Waals surface area contributed by atoms with E-state index in [9.17, 15) is 0 Å². The molecule has 2 rings (SSSR count). The molecule has 0 saturated heterocycles. The van der Waals surface area contributed by atoms with Crippen LogP contribution in [0.1, 0.15) is 26.6 Å². The Kier molecular flexibility index (Phi) is 3.23. The smallest absolute Gasteiger partial charge is 0.160 e. The number of rotatable bonds is 3. The van der Waals surface area contributed by atoms with Gasteiger partial charge in [0, 0.05) is 29.2 Å². The van der Waals surface area contributed by atoms with E-state index in [1.54, 1.807) is 6.20 Å². The van der Waals surface area contributed by atoms with Crippen molar-refractivity contribution in [3.05, 3.63) is 22.6 Å². The second-order valence-corrected chi connectivity index (χ2v) is 5.87. The van der Waals surface area contributed by atoms with Gasteiger partial charge in [0.15, 0.2) is 5.65 Å². The Hall–Kier alpha value is -0.940. The van der Waals surface area contributed by atoms with Gasteiger partial charge in [-0.25, -0.2) is 9.97 Å². The fourth-order valence-electron chi connectivity index (χ4n) is 1.88. The van der Waals surface area contributed by atoms with Gasteiger partial charge in [-0.3, -0.25) is 0 Å². The summed E-state index contributed by atoms with van der Waals surface area (Å²) in [7, 11) is 0. The van der Waals surface area contributed by atoms with Gasteiger partial charge in [0.25, 0.3) is 0 Å². The Labute approximate surface area is 109 Å². The van der Waals surface area contributed by atoms with Crippen molar-refractivity contribution in [2.75, 3.05) is 0 Å².